The molecule has 0 saturated carbocycles. The Morgan fingerprint density at radius 2 is 2.00 bits per heavy atom. The number of carbonyl (C=O) groups excluding carboxylic acids is 1. The van der Waals surface area contributed by atoms with Gasteiger partial charge >= 0.3 is 13.5 Å². The second-order valence-corrected chi connectivity index (χ2v) is 12.1. The van der Waals surface area contributed by atoms with Crippen LogP contribution < -0.4 is 15.8 Å². The Balaban J connectivity index is 1.72. The van der Waals surface area contributed by atoms with E-state index in [1.165, 1.54) is 17.7 Å². The predicted molar refractivity (Wildman–Crippen MR) is 141 cm³/mol. The molecule has 1 N–H and O–H groups in total. The number of aromatic amines is 1. The van der Waals surface area contributed by atoms with Gasteiger partial charge in [0, 0.05) is 34.3 Å². The third-order valence-electron chi connectivity index (χ3n) is 5.40. The smallest absolute Gasteiger partial charge is 0.404 e. The van der Waals surface area contributed by atoms with Gasteiger partial charge in [0.2, 0.25) is 0 Å². The number of carbonyl (C=O) groups is 1. The van der Waals surface area contributed by atoms with E-state index in [2.05, 4.69) is 15.0 Å². The summed E-state index contributed by atoms with van der Waals surface area (Å²) >= 11 is 1.05. The summed E-state index contributed by atoms with van der Waals surface area (Å²) < 4.78 is 37.2. The summed E-state index contributed by atoms with van der Waals surface area (Å²) in [5.41, 5.74) is 7.57. The molecular weight excluding hydrogens is 537 g/mol. The SMILES string of the molecule is Cc1cn([C@H]2CC(N=[N+]=[N-])[C@@H](COP(=O)(OCCSC(=O)C(C)(C)C)Oc3ccccc3)O2)c(=O)[nH]c1=O. The van der Waals surface area contributed by atoms with Gasteiger partial charge in [0.1, 0.15) is 12.0 Å². The van der Waals surface area contributed by atoms with Crippen LogP contribution in [0.15, 0.2) is 51.2 Å². The summed E-state index contributed by atoms with van der Waals surface area (Å²) in [6.45, 7) is 6.48. The molecule has 1 aromatic heterocycles. The molecule has 3 rings (SSSR count). The van der Waals surface area contributed by atoms with Gasteiger partial charge in [-0.15, -0.1) is 0 Å². The van der Waals surface area contributed by atoms with Crippen LogP contribution >= 0.6 is 19.6 Å². The molecular formula is C23H30N5O8PS. The number of hydrogen-bond acceptors (Lipinski definition) is 10. The third kappa shape index (κ3) is 8.07. The third-order valence-corrected chi connectivity index (χ3v) is 8.04. The van der Waals surface area contributed by atoms with E-state index < -0.39 is 42.9 Å². The van der Waals surface area contributed by atoms with Crippen LogP contribution in [-0.4, -0.2) is 45.8 Å². The molecule has 2 heterocycles. The van der Waals surface area contributed by atoms with Crippen molar-refractivity contribution >= 4 is 24.7 Å². The number of benzene rings is 1. The van der Waals surface area contributed by atoms with E-state index in [0.717, 1.165) is 11.8 Å². The van der Waals surface area contributed by atoms with Gasteiger partial charge in [-0.1, -0.05) is 55.8 Å². The zero-order valence-corrected chi connectivity index (χ0v) is 23.1. The van der Waals surface area contributed by atoms with Gasteiger partial charge in [-0.05, 0) is 24.6 Å². The van der Waals surface area contributed by atoms with Crippen LogP contribution in [0.3, 0.4) is 0 Å². The van der Waals surface area contributed by atoms with Crippen molar-refractivity contribution in [3.05, 3.63) is 73.4 Å². The first-order chi connectivity index (χ1) is 17.9. The monoisotopic (exact) mass is 567 g/mol. The van der Waals surface area contributed by atoms with Gasteiger partial charge in [0.15, 0.2) is 5.12 Å². The van der Waals surface area contributed by atoms with Crippen LogP contribution in [0.4, 0.5) is 0 Å². The average molecular weight is 568 g/mol. The van der Waals surface area contributed by atoms with Crippen LogP contribution in [-0.2, 0) is 23.1 Å². The summed E-state index contributed by atoms with van der Waals surface area (Å²) in [5, 5.41) is 3.68. The average Bonchev–Trinajstić information content (AvgIpc) is 3.25. The standard InChI is InChI=1S/C23H30N5O8PS/c1-15-13-28(22(31)25-20(15)29)19-12-17(26-27-24)18(35-19)14-34-37(32,36-16-8-6-5-7-9-16)33-10-11-38-21(30)23(2,3)4/h5-9,13,17-19H,10-12,14H2,1-4H3,(H,25,29,31)/t17?,18-,19-,37?/m1/s1. The normalized spacial score (nSPS) is 20.9. The number of ether oxygens (including phenoxy) is 1. The Labute approximate surface area is 223 Å². The van der Waals surface area contributed by atoms with Gasteiger partial charge in [-0.2, -0.15) is 0 Å². The number of thioether (sulfide) groups is 1. The van der Waals surface area contributed by atoms with E-state index in [0.29, 0.717) is 5.56 Å². The maximum atomic E-state index is 13.5. The van der Waals surface area contributed by atoms with Crippen molar-refractivity contribution in [2.75, 3.05) is 19.0 Å². The van der Waals surface area contributed by atoms with Crippen molar-refractivity contribution in [3.63, 3.8) is 0 Å². The van der Waals surface area contributed by atoms with Crippen LogP contribution in [0.5, 0.6) is 5.75 Å². The predicted octanol–water partition coefficient (Wildman–Crippen LogP) is 4.34. The molecule has 1 aliphatic rings. The zero-order chi connectivity index (χ0) is 27.9. The minimum atomic E-state index is -4.21. The highest BCUT2D eigenvalue weighted by atomic mass is 32.2. The molecule has 2 unspecified atom stereocenters. The molecule has 0 spiro atoms. The van der Waals surface area contributed by atoms with E-state index in [4.69, 9.17) is 23.8 Å². The van der Waals surface area contributed by atoms with Crippen LogP contribution in [0.25, 0.3) is 10.4 Å². The number of para-hydroxylation sites is 1. The Morgan fingerprint density at radius 3 is 2.66 bits per heavy atom. The largest absolute Gasteiger partial charge is 0.530 e. The van der Waals surface area contributed by atoms with Crippen molar-refractivity contribution in [2.24, 2.45) is 10.5 Å². The molecule has 1 aromatic carbocycles. The van der Waals surface area contributed by atoms with Crippen molar-refractivity contribution in [2.45, 2.75) is 52.5 Å². The lowest BCUT2D eigenvalue weighted by atomic mass is 10.00. The topological polar surface area (TPSA) is 175 Å². The quantitative estimate of drug-likeness (QED) is 0.136. The summed E-state index contributed by atoms with van der Waals surface area (Å²) in [6.07, 6.45) is -0.300. The van der Waals surface area contributed by atoms with E-state index in [9.17, 15) is 18.9 Å². The highest BCUT2D eigenvalue weighted by molar-refractivity contribution is 8.13. The van der Waals surface area contributed by atoms with Gasteiger partial charge in [0.25, 0.3) is 5.56 Å². The lowest BCUT2D eigenvalue weighted by Crippen LogP contribution is -2.33. The number of nitrogens with zero attached hydrogens (tertiary/aromatic N) is 4. The molecule has 4 atom stereocenters. The van der Waals surface area contributed by atoms with Crippen molar-refractivity contribution in [3.8, 4) is 5.75 Å². The van der Waals surface area contributed by atoms with Gasteiger partial charge in [-0.3, -0.25) is 28.2 Å². The number of nitrogens with one attached hydrogen (secondary N) is 1. The number of aryl methyl sites for hydroxylation is 1. The Kier molecular flexibility index (Phi) is 10.00. The molecule has 1 saturated heterocycles. The van der Waals surface area contributed by atoms with Crippen LogP contribution in [0.1, 0.15) is 39.0 Å². The van der Waals surface area contributed by atoms with Crippen LogP contribution in [0, 0.1) is 12.3 Å². The van der Waals surface area contributed by atoms with Gasteiger partial charge in [0.05, 0.1) is 25.4 Å². The molecule has 1 aliphatic heterocycles. The summed E-state index contributed by atoms with van der Waals surface area (Å²) in [7, 11) is -4.21. The number of rotatable bonds is 11. The van der Waals surface area contributed by atoms with Gasteiger partial charge in [-0.25, -0.2) is 9.36 Å². The molecule has 13 nitrogen and oxygen atoms in total. The number of aromatic nitrogens is 2. The number of hydrogen-bond donors (Lipinski definition) is 1. The first-order valence-corrected chi connectivity index (χ1v) is 14.2. The molecule has 206 valence electrons. The second-order valence-electron chi connectivity index (χ2n) is 9.48. The first-order valence-electron chi connectivity index (χ1n) is 11.7. The number of H-pyrrole nitrogens is 1. The fourth-order valence-electron chi connectivity index (χ4n) is 3.39. The molecule has 0 bridgehead atoms. The molecule has 1 fully saturated rings. The maximum Gasteiger partial charge on any atom is 0.530 e. The van der Waals surface area contributed by atoms with Crippen molar-refractivity contribution in [1.82, 2.24) is 9.55 Å². The molecule has 38 heavy (non-hydrogen) atoms. The molecule has 0 amide bonds. The van der Waals surface area contributed by atoms with E-state index >= 15 is 0 Å². The van der Waals surface area contributed by atoms with E-state index in [1.807, 2.05) is 0 Å². The van der Waals surface area contributed by atoms with E-state index in [1.54, 1.807) is 51.1 Å². The Morgan fingerprint density at radius 1 is 1.29 bits per heavy atom. The lowest BCUT2D eigenvalue weighted by Gasteiger charge is -2.22. The minimum absolute atomic E-state index is 0.0452. The first kappa shape index (κ1) is 29.7. The molecule has 2 aromatic rings. The van der Waals surface area contributed by atoms with E-state index in [-0.39, 0.29) is 36.3 Å². The number of phosphoric acid groups is 1. The Bertz CT molecular complexity index is 1340. The zero-order valence-electron chi connectivity index (χ0n) is 21.4. The number of phosphoric ester groups is 1. The highest BCUT2D eigenvalue weighted by Crippen LogP contribution is 2.50. The van der Waals surface area contributed by atoms with Crippen molar-refractivity contribution in [1.29, 1.82) is 0 Å². The van der Waals surface area contributed by atoms with Crippen LogP contribution in [0.2, 0.25) is 0 Å². The summed E-state index contributed by atoms with van der Waals surface area (Å²) in [4.78, 5) is 41.2. The van der Waals surface area contributed by atoms with Crippen molar-refractivity contribution < 1.29 is 27.7 Å². The second kappa shape index (κ2) is 12.8. The highest BCUT2D eigenvalue weighted by Gasteiger charge is 2.39. The minimum Gasteiger partial charge on any atom is -0.404 e. The number of azide groups is 1. The lowest BCUT2D eigenvalue weighted by molar-refractivity contribution is -0.117. The fourth-order valence-corrected chi connectivity index (χ4v) is 5.50. The molecule has 15 heteroatoms. The molecule has 0 aliphatic carbocycles. The maximum absolute atomic E-state index is 13.5. The molecule has 0 radical (unpaired) electrons. The summed E-state index contributed by atoms with van der Waals surface area (Å²) in [5.74, 6) is 0.459. The Hall–Kier alpha value is -2.86. The van der Waals surface area contributed by atoms with Gasteiger partial charge < -0.3 is 9.26 Å². The fraction of sp³-hybridized carbons (Fsp3) is 0.522. The summed E-state index contributed by atoms with van der Waals surface area (Å²) in [6, 6.07) is 7.51.